The van der Waals surface area contributed by atoms with Crippen molar-refractivity contribution in [3.8, 4) is 0 Å². The van der Waals surface area contributed by atoms with Crippen LogP contribution in [0, 0.1) is 5.92 Å². The highest BCUT2D eigenvalue weighted by atomic mass is 16.2. The van der Waals surface area contributed by atoms with Crippen molar-refractivity contribution in [1.29, 1.82) is 0 Å². The zero-order chi connectivity index (χ0) is 20.0. The number of anilines is 1. The minimum absolute atomic E-state index is 0.0991. The Morgan fingerprint density at radius 1 is 1.24 bits per heavy atom. The summed E-state index contributed by atoms with van der Waals surface area (Å²) >= 11 is 0. The molecule has 1 fully saturated rings. The summed E-state index contributed by atoms with van der Waals surface area (Å²) in [7, 11) is 1.71. The van der Waals surface area contributed by atoms with Gasteiger partial charge in [0.1, 0.15) is 17.6 Å². The zero-order valence-corrected chi connectivity index (χ0v) is 16.0. The molecule has 2 aromatic heterocycles. The Morgan fingerprint density at radius 3 is 2.90 bits per heavy atom. The monoisotopic (exact) mass is 387 g/mol. The van der Waals surface area contributed by atoms with Gasteiger partial charge in [0.25, 0.3) is 11.8 Å². The van der Waals surface area contributed by atoms with E-state index in [0.29, 0.717) is 17.9 Å². The molecule has 146 valence electrons. The molecule has 3 atom stereocenters. The molecule has 0 radical (unpaired) electrons. The molecule has 3 aromatic rings. The fraction of sp³-hybridized carbons (Fsp3) is 0.273. The van der Waals surface area contributed by atoms with Gasteiger partial charge in [0.15, 0.2) is 0 Å². The van der Waals surface area contributed by atoms with Gasteiger partial charge in [0, 0.05) is 25.4 Å². The molecule has 2 amide bonds. The van der Waals surface area contributed by atoms with E-state index in [2.05, 4.69) is 20.5 Å². The number of nitrogens with zero attached hydrogens (tertiary/aromatic N) is 3. The number of hydrogen-bond donors (Lipinski definition) is 2. The number of fused-ring (bicyclic) bond motifs is 3. The largest absolute Gasteiger partial charge is 0.339 e. The van der Waals surface area contributed by atoms with E-state index in [1.807, 2.05) is 42.5 Å². The van der Waals surface area contributed by atoms with Crippen molar-refractivity contribution in [2.75, 3.05) is 11.9 Å². The van der Waals surface area contributed by atoms with E-state index in [1.54, 1.807) is 24.2 Å². The van der Waals surface area contributed by atoms with E-state index in [-0.39, 0.29) is 23.7 Å². The Hall–Kier alpha value is -3.48. The van der Waals surface area contributed by atoms with Crippen LogP contribution < -0.4 is 10.2 Å². The van der Waals surface area contributed by atoms with Gasteiger partial charge < -0.3 is 5.32 Å². The third-order valence-electron chi connectivity index (χ3n) is 5.79. The summed E-state index contributed by atoms with van der Waals surface area (Å²) in [4.78, 5) is 31.7. The number of likely N-dealkylation sites (N-methyl/N-ethyl adjacent to an activating group) is 1. The van der Waals surface area contributed by atoms with Gasteiger partial charge in [0.05, 0.1) is 0 Å². The van der Waals surface area contributed by atoms with Crippen LogP contribution in [0.3, 0.4) is 0 Å². The predicted octanol–water partition coefficient (Wildman–Crippen LogP) is 2.27. The molecular weight excluding hydrogens is 366 g/mol. The number of benzene rings is 1. The molecule has 3 heterocycles. The lowest BCUT2D eigenvalue weighted by Crippen LogP contribution is -2.48. The van der Waals surface area contributed by atoms with Crippen LogP contribution >= 0.6 is 0 Å². The summed E-state index contributed by atoms with van der Waals surface area (Å²) in [5.41, 5.74) is 3.36. The Labute approximate surface area is 168 Å². The van der Waals surface area contributed by atoms with Gasteiger partial charge in [-0.15, -0.1) is 0 Å². The van der Waals surface area contributed by atoms with Crippen molar-refractivity contribution in [2.45, 2.75) is 24.8 Å². The first-order valence-corrected chi connectivity index (χ1v) is 9.73. The third-order valence-corrected chi connectivity index (χ3v) is 5.79. The van der Waals surface area contributed by atoms with Crippen LogP contribution in [0.2, 0.25) is 0 Å². The Kier molecular flexibility index (Phi) is 4.16. The number of hydrogen-bond acceptors (Lipinski definition) is 4. The molecule has 1 aromatic carbocycles. The number of pyridine rings is 1. The first-order valence-electron chi connectivity index (χ1n) is 9.73. The van der Waals surface area contributed by atoms with Crippen LogP contribution in [-0.4, -0.2) is 40.1 Å². The molecule has 2 N–H and O–H groups in total. The van der Waals surface area contributed by atoms with Crippen LogP contribution in [0.25, 0.3) is 0 Å². The number of carbonyl (C=O) groups excluding carboxylic acids is 2. The molecule has 0 saturated heterocycles. The fourth-order valence-electron chi connectivity index (χ4n) is 4.18. The number of nitrogens with one attached hydrogen (secondary N) is 2. The lowest BCUT2D eigenvalue weighted by Gasteiger charge is -2.22. The minimum Gasteiger partial charge on any atom is -0.339 e. The summed E-state index contributed by atoms with van der Waals surface area (Å²) < 4.78 is 0. The average Bonchev–Trinajstić information content (AvgIpc) is 3.41. The van der Waals surface area contributed by atoms with E-state index < -0.39 is 6.04 Å². The molecule has 7 nitrogen and oxygen atoms in total. The summed E-state index contributed by atoms with van der Waals surface area (Å²) in [5.74, 6) is 0.569. The van der Waals surface area contributed by atoms with E-state index in [1.165, 1.54) is 0 Å². The number of aromatic nitrogens is 3. The first-order chi connectivity index (χ1) is 14.1. The van der Waals surface area contributed by atoms with Crippen LogP contribution in [0.1, 0.15) is 39.6 Å². The smallest absolute Gasteiger partial charge is 0.272 e. The van der Waals surface area contributed by atoms with Gasteiger partial charge in [0.2, 0.25) is 0 Å². The van der Waals surface area contributed by atoms with Crippen molar-refractivity contribution in [3.05, 3.63) is 77.2 Å². The van der Waals surface area contributed by atoms with Crippen LogP contribution in [0.5, 0.6) is 0 Å². The molecule has 2 aliphatic rings. The average molecular weight is 387 g/mol. The van der Waals surface area contributed by atoms with E-state index in [9.17, 15) is 9.59 Å². The lowest BCUT2D eigenvalue weighted by atomic mass is 10.1. The summed E-state index contributed by atoms with van der Waals surface area (Å²) in [6.45, 7) is 0. The molecule has 7 heteroatoms. The Balaban J connectivity index is 1.32. The molecular formula is C22H21N5O2. The highest BCUT2D eigenvalue weighted by molar-refractivity contribution is 6.02. The predicted molar refractivity (Wildman–Crippen MR) is 108 cm³/mol. The molecule has 0 spiro atoms. The quantitative estimate of drug-likeness (QED) is 0.719. The highest BCUT2D eigenvalue weighted by Gasteiger charge is 2.52. The van der Waals surface area contributed by atoms with Crippen LogP contribution in [0.4, 0.5) is 5.82 Å². The second kappa shape index (κ2) is 6.84. The van der Waals surface area contributed by atoms with Gasteiger partial charge in [-0.05, 0) is 41.5 Å². The van der Waals surface area contributed by atoms with E-state index >= 15 is 0 Å². The number of rotatable bonds is 4. The standard InChI is InChI=1S/C22H21N5O2/c1-27-20-15(8-5-9-23-20)16-12-17(16)19(22(27)29)24-21(28)18-11-14(25-26-18)10-13-6-3-2-4-7-13/h2-9,11,16-17,19H,10,12H2,1H3,(H,24,28)(H,25,26). The molecule has 1 saturated carbocycles. The van der Waals surface area contributed by atoms with Crippen molar-refractivity contribution < 1.29 is 9.59 Å². The Morgan fingerprint density at radius 2 is 2.07 bits per heavy atom. The van der Waals surface area contributed by atoms with Crippen LogP contribution in [0.15, 0.2) is 54.7 Å². The molecule has 1 aliphatic heterocycles. The molecule has 5 rings (SSSR count). The highest BCUT2D eigenvalue weighted by Crippen LogP contribution is 2.53. The van der Waals surface area contributed by atoms with Crippen LogP contribution in [-0.2, 0) is 11.2 Å². The maximum Gasteiger partial charge on any atom is 0.272 e. The maximum absolute atomic E-state index is 13.0. The normalized spacial score (nSPS) is 22.4. The van der Waals surface area contributed by atoms with Gasteiger partial charge in [-0.25, -0.2) is 4.98 Å². The molecule has 1 aliphatic carbocycles. The molecule has 29 heavy (non-hydrogen) atoms. The van der Waals surface area contributed by atoms with Gasteiger partial charge in [-0.2, -0.15) is 5.10 Å². The molecule has 0 bridgehead atoms. The lowest BCUT2D eigenvalue weighted by molar-refractivity contribution is -0.120. The van der Waals surface area contributed by atoms with Gasteiger partial charge >= 0.3 is 0 Å². The fourth-order valence-corrected chi connectivity index (χ4v) is 4.18. The van der Waals surface area contributed by atoms with Gasteiger partial charge in [-0.1, -0.05) is 36.4 Å². The molecule has 3 unspecified atom stereocenters. The number of H-pyrrole nitrogens is 1. The summed E-state index contributed by atoms with van der Waals surface area (Å²) in [6, 6.07) is 15.1. The topological polar surface area (TPSA) is 91.0 Å². The zero-order valence-electron chi connectivity index (χ0n) is 16.0. The van der Waals surface area contributed by atoms with E-state index in [4.69, 9.17) is 0 Å². The first kappa shape index (κ1) is 17.6. The Bertz CT molecular complexity index is 1080. The minimum atomic E-state index is -0.569. The second-order valence-corrected chi connectivity index (χ2v) is 7.71. The summed E-state index contributed by atoms with van der Waals surface area (Å²) in [6.07, 6.45) is 3.23. The number of amides is 2. The van der Waals surface area contributed by atoms with Crippen molar-refractivity contribution in [3.63, 3.8) is 0 Å². The number of aromatic amines is 1. The number of carbonyl (C=O) groups is 2. The second-order valence-electron chi connectivity index (χ2n) is 7.71. The SMILES string of the molecule is CN1C(=O)C(NC(=O)c2cc(Cc3ccccc3)[nH]n2)C2CC2c2cccnc21. The maximum atomic E-state index is 13.0. The van der Waals surface area contributed by atoms with E-state index in [0.717, 1.165) is 23.2 Å². The van der Waals surface area contributed by atoms with Crippen molar-refractivity contribution >= 4 is 17.6 Å². The third kappa shape index (κ3) is 3.18. The summed E-state index contributed by atoms with van der Waals surface area (Å²) in [5, 5.41) is 9.99. The van der Waals surface area contributed by atoms with Crippen molar-refractivity contribution in [2.24, 2.45) is 5.92 Å². The van der Waals surface area contributed by atoms with Crippen molar-refractivity contribution in [1.82, 2.24) is 20.5 Å². The van der Waals surface area contributed by atoms with Gasteiger partial charge in [-0.3, -0.25) is 19.6 Å².